The van der Waals surface area contributed by atoms with Gasteiger partial charge in [0.2, 0.25) is 5.91 Å². The molecule has 0 bridgehead atoms. The molecule has 0 unspecified atom stereocenters. The molecule has 4 nitrogen and oxygen atoms in total. The quantitative estimate of drug-likeness (QED) is 0.765. The third-order valence-electron chi connectivity index (χ3n) is 3.61. The Morgan fingerprint density at radius 3 is 2.41 bits per heavy atom. The molecule has 100 valence electrons. The van der Waals surface area contributed by atoms with E-state index in [4.69, 9.17) is 10.5 Å². The number of carbonyl (C=O) groups is 1. The summed E-state index contributed by atoms with van der Waals surface area (Å²) < 4.78 is 5.31. The Hall–Kier alpha value is -0.610. The highest BCUT2D eigenvalue weighted by molar-refractivity contribution is 5.79. The van der Waals surface area contributed by atoms with Crippen molar-refractivity contribution in [3.8, 4) is 0 Å². The maximum atomic E-state index is 12.5. The molecule has 4 heteroatoms. The van der Waals surface area contributed by atoms with Crippen LogP contribution in [0.5, 0.6) is 0 Å². The number of nitrogens with two attached hydrogens (primary N) is 1. The van der Waals surface area contributed by atoms with Crippen LogP contribution in [0.1, 0.15) is 39.5 Å². The van der Waals surface area contributed by atoms with E-state index in [1.54, 1.807) is 0 Å². The van der Waals surface area contributed by atoms with Crippen LogP contribution in [-0.4, -0.2) is 43.2 Å². The largest absolute Gasteiger partial charge is 0.381 e. The Kier molecular flexibility index (Phi) is 6.52. The molecule has 17 heavy (non-hydrogen) atoms. The van der Waals surface area contributed by atoms with Crippen molar-refractivity contribution in [2.45, 2.75) is 45.6 Å². The SMILES string of the molecule is CCC(CC)N(CCN)C(=O)C1CCOCC1. The second kappa shape index (κ2) is 7.67. The van der Waals surface area contributed by atoms with Crippen LogP contribution < -0.4 is 5.73 Å². The Morgan fingerprint density at radius 2 is 1.94 bits per heavy atom. The van der Waals surface area contributed by atoms with Gasteiger partial charge in [0, 0.05) is 38.3 Å². The second-order valence-electron chi connectivity index (χ2n) is 4.68. The van der Waals surface area contributed by atoms with E-state index in [1.165, 1.54) is 0 Å². The first kappa shape index (κ1) is 14.5. The van der Waals surface area contributed by atoms with Gasteiger partial charge in [0.1, 0.15) is 0 Å². The smallest absolute Gasteiger partial charge is 0.226 e. The third-order valence-corrected chi connectivity index (χ3v) is 3.61. The molecule has 1 aliphatic heterocycles. The molecule has 1 saturated heterocycles. The summed E-state index contributed by atoms with van der Waals surface area (Å²) >= 11 is 0. The van der Waals surface area contributed by atoms with Gasteiger partial charge in [-0.25, -0.2) is 0 Å². The predicted octanol–water partition coefficient (Wildman–Crippen LogP) is 1.39. The minimum absolute atomic E-state index is 0.149. The van der Waals surface area contributed by atoms with Gasteiger partial charge in [-0.2, -0.15) is 0 Å². The Bertz CT molecular complexity index is 223. The van der Waals surface area contributed by atoms with Crippen molar-refractivity contribution >= 4 is 5.91 Å². The molecule has 0 radical (unpaired) electrons. The first-order valence-electron chi connectivity index (χ1n) is 6.82. The minimum atomic E-state index is 0.149. The van der Waals surface area contributed by atoms with E-state index >= 15 is 0 Å². The molecule has 0 aliphatic carbocycles. The van der Waals surface area contributed by atoms with Gasteiger partial charge in [-0.15, -0.1) is 0 Å². The van der Waals surface area contributed by atoms with Crippen LogP contribution in [-0.2, 0) is 9.53 Å². The van der Waals surface area contributed by atoms with E-state index in [1.807, 2.05) is 4.90 Å². The zero-order valence-corrected chi connectivity index (χ0v) is 11.2. The van der Waals surface area contributed by atoms with E-state index in [0.717, 1.165) is 38.9 Å². The van der Waals surface area contributed by atoms with E-state index in [0.29, 0.717) is 19.1 Å². The highest BCUT2D eigenvalue weighted by Crippen LogP contribution is 2.20. The highest BCUT2D eigenvalue weighted by Gasteiger charge is 2.28. The van der Waals surface area contributed by atoms with Gasteiger partial charge in [0.05, 0.1) is 0 Å². The van der Waals surface area contributed by atoms with Crippen LogP contribution >= 0.6 is 0 Å². The lowest BCUT2D eigenvalue weighted by atomic mass is 9.97. The Labute approximate surface area is 104 Å². The van der Waals surface area contributed by atoms with Crippen molar-refractivity contribution < 1.29 is 9.53 Å². The summed E-state index contributed by atoms with van der Waals surface area (Å²) in [6.45, 7) is 6.93. The number of hydrogen-bond donors (Lipinski definition) is 1. The van der Waals surface area contributed by atoms with Crippen LogP contribution in [0.25, 0.3) is 0 Å². The summed E-state index contributed by atoms with van der Waals surface area (Å²) in [5.41, 5.74) is 5.63. The lowest BCUT2D eigenvalue weighted by Gasteiger charge is -2.34. The lowest BCUT2D eigenvalue weighted by molar-refractivity contribution is -0.141. The summed E-state index contributed by atoms with van der Waals surface area (Å²) in [5, 5.41) is 0. The first-order valence-corrected chi connectivity index (χ1v) is 6.82. The second-order valence-corrected chi connectivity index (χ2v) is 4.68. The van der Waals surface area contributed by atoms with Crippen LogP contribution in [0.15, 0.2) is 0 Å². The molecule has 0 aromatic heterocycles. The summed E-state index contributed by atoms with van der Waals surface area (Å²) in [4.78, 5) is 14.5. The molecule has 1 heterocycles. The molecule has 0 saturated carbocycles. The fourth-order valence-electron chi connectivity index (χ4n) is 2.52. The molecular weight excluding hydrogens is 216 g/mol. The van der Waals surface area contributed by atoms with Gasteiger partial charge in [-0.05, 0) is 25.7 Å². The van der Waals surface area contributed by atoms with Gasteiger partial charge in [-0.3, -0.25) is 4.79 Å². The number of carbonyl (C=O) groups excluding carboxylic acids is 1. The normalized spacial score (nSPS) is 17.4. The van der Waals surface area contributed by atoms with Crippen LogP contribution in [0, 0.1) is 5.92 Å². The van der Waals surface area contributed by atoms with Gasteiger partial charge in [-0.1, -0.05) is 13.8 Å². The van der Waals surface area contributed by atoms with Crippen molar-refractivity contribution in [2.24, 2.45) is 11.7 Å². The highest BCUT2D eigenvalue weighted by atomic mass is 16.5. The number of hydrogen-bond acceptors (Lipinski definition) is 3. The zero-order valence-electron chi connectivity index (χ0n) is 11.2. The van der Waals surface area contributed by atoms with Gasteiger partial charge >= 0.3 is 0 Å². The average Bonchev–Trinajstić information content (AvgIpc) is 2.39. The topological polar surface area (TPSA) is 55.6 Å². The molecule has 1 aliphatic rings. The van der Waals surface area contributed by atoms with E-state index in [9.17, 15) is 4.79 Å². The first-order chi connectivity index (χ1) is 8.24. The summed E-state index contributed by atoms with van der Waals surface area (Å²) in [6.07, 6.45) is 3.73. The van der Waals surface area contributed by atoms with E-state index in [2.05, 4.69) is 13.8 Å². The minimum Gasteiger partial charge on any atom is -0.381 e. The van der Waals surface area contributed by atoms with Crippen molar-refractivity contribution in [1.29, 1.82) is 0 Å². The van der Waals surface area contributed by atoms with E-state index < -0.39 is 0 Å². The number of nitrogens with zero attached hydrogens (tertiary/aromatic N) is 1. The molecular formula is C13H26N2O2. The van der Waals surface area contributed by atoms with Crippen molar-refractivity contribution in [3.05, 3.63) is 0 Å². The molecule has 1 amide bonds. The summed E-state index contributed by atoms with van der Waals surface area (Å²) in [7, 11) is 0. The third kappa shape index (κ3) is 3.96. The fraction of sp³-hybridized carbons (Fsp3) is 0.923. The molecule has 0 aromatic rings. The molecule has 0 spiro atoms. The molecule has 2 N–H and O–H groups in total. The van der Waals surface area contributed by atoms with Gasteiger partial charge in [0.25, 0.3) is 0 Å². The maximum absolute atomic E-state index is 12.5. The Balaban J connectivity index is 2.63. The zero-order chi connectivity index (χ0) is 12.7. The monoisotopic (exact) mass is 242 g/mol. The van der Waals surface area contributed by atoms with Crippen molar-refractivity contribution in [2.75, 3.05) is 26.3 Å². The number of ether oxygens (including phenoxy) is 1. The number of amides is 1. The number of rotatable bonds is 6. The maximum Gasteiger partial charge on any atom is 0.226 e. The molecule has 0 aromatic carbocycles. The van der Waals surface area contributed by atoms with Crippen LogP contribution in [0.3, 0.4) is 0 Å². The Morgan fingerprint density at radius 1 is 1.35 bits per heavy atom. The van der Waals surface area contributed by atoms with Crippen molar-refractivity contribution in [3.63, 3.8) is 0 Å². The summed E-state index contributed by atoms with van der Waals surface area (Å²) in [6, 6.07) is 0.342. The lowest BCUT2D eigenvalue weighted by Crippen LogP contribution is -2.46. The van der Waals surface area contributed by atoms with E-state index in [-0.39, 0.29) is 11.8 Å². The van der Waals surface area contributed by atoms with Gasteiger partial charge in [0.15, 0.2) is 0 Å². The molecule has 1 rings (SSSR count). The fourth-order valence-corrected chi connectivity index (χ4v) is 2.52. The summed E-state index contributed by atoms with van der Waals surface area (Å²) in [5.74, 6) is 0.434. The average molecular weight is 242 g/mol. The van der Waals surface area contributed by atoms with Crippen LogP contribution in [0.2, 0.25) is 0 Å². The predicted molar refractivity (Wildman–Crippen MR) is 68.7 cm³/mol. The molecule has 1 fully saturated rings. The standard InChI is InChI=1S/C13H26N2O2/c1-3-12(4-2)15(8-7-14)13(16)11-5-9-17-10-6-11/h11-12H,3-10,14H2,1-2H3. The van der Waals surface area contributed by atoms with Crippen molar-refractivity contribution in [1.82, 2.24) is 4.90 Å². The van der Waals surface area contributed by atoms with Gasteiger partial charge < -0.3 is 15.4 Å². The molecule has 0 atom stereocenters. The van der Waals surface area contributed by atoms with Crippen LogP contribution in [0.4, 0.5) is 0 Å².